The van der Waals surface area contributed by atoms with E-state index in [1.165, 1.54) is 17.7 Å². The molecule has 210 valence electrons. The quantitative estimate of drug-likeness (QED) is 0.279. The number of anilines is 3. The fraction of sp³-hybridized carbons (Fsp3) is 0.344. The lowest BCUT2D eigenvalue weighted by molar-refractivity contribution is 0.0979. The first-order valence-corrected chi connectivity index (χ1v) is 14.5. The van der Waals surface area contributed by atoms with E-state index in [0.29, 0.717) is 30.4 Å². The summed E-state index contributed by atoms with van der Waals surface area (Å²) in [5, 5.41) is 16.9. The molecule has 9 nitrogen and oxygen atoms in total. The first-order valence-electron chi connectivity index (χ1n) is 14.5. The minimum atomic E-state index is -0.232. The molecule has 41 heavy (non-hydrogen) atoms. The number of H-pyrrole nitrogens is 1. The molecule has 0 radical (unpaired) electrons. The van der Waals surface area contributed by atoms with E-state index in [4.69, 9.17) is 0 Å². The minimum absolute atomic E-state index is 0.00242. The van der Waals surface area contributed by atoms with Gasteiger partial charge in [0.05, 0.1) is 12.2 Å². The number of rotatable bonds is 7. The number of carbonyl (C=O) groups excluding carboxylic acids is 1. The Hall–Kier alpha value is -4.21. The lowest BCUT2D eigenvalue weighted by Gasteiger charge is -2.30. The molecular formula is C32H34N6O3. The number of hydrogen-bond acceptors (Lipinski definition) is 6. The summed E-state index contributed by atoms with van der Waals surface area (Å²) in [6.07, 6.45) is 8.20. The fourth-order valence-corrected chi connectivity index (χ4v) is 6.41. The van der Waals surface area contributed by atoms with Gasteiger partial charge in [-0.05, 0) is 66.6 Å². The average Bonchev–Trinajstić information content (AvgIpc) is 3.35. The predicted octanol–water partition coefficient (Wildman–Crippen LogP) is 3.62. The number of benzene rings is 1. The number of carbonyl (C=O) groups is 1. The molecule has 3 aromatic heterocycles. The number of aryl methyl sites for hydroxylation is 1. The van der Waals surface area contributed by atoms with Gasteiger partial charge in [-0.1, -0.05) is 18.2 Å². The molecule has 9 heteroatoms. The van der Waals surface area contributed by atoms with Crippen LogP contribution in [0, 0.1) is 0 Å². The number of nitrogens with one attached hydrogen (secondary N) is 3. The van der Waals surface area contributed by atoms with Crippen molar-refractivity contribution < 1.29 is 9.90 Å². The summed E-state index contributed by atoms with van der Waals surface area (Å²) < 4.78 is 2.34. The van der Waals surface area contributed by atoms with Gasteiger partial charge >= 0.3 is 0 Å². The van der Waals surface area contributed by atoms with Crippen LogP contribution in [0.3, 0.4) is 0 Å². The number of fused-ring (bicyclic) bond motifs is 3. The summed E-state index contributed by atoms with van der Waals surface area (Å²) in [6.45, 7) is 3.32. The Labute approximate surface area is 238 Å². The van der Waals surface area contributed by atoms with Crippen LogP contribution in [-0.2, 0) is 32.4 Å². The van der Waals surface area contributed by atoms with E-state index in [9.17, 15) is 14.7 Å². The van der Waals surface area contributed by atoms with Gasteiger partial charge in [0.15, 0.2) is 0 Å². The zero-order chi connectivity index (χ0) is 27.9. The Balaban J connectivity index is 1.13. The van der Waals surface area contributed by atoms with Gasteiger partial charge in [-0.3, -0.25) is 9.59 Å². The van der Waals surface area contributed by atoms with Crippen molar-refractivity contribution >= 4 is 23.1 Å². The van der Waals surface area contributed by atoms with Crippen molar-refractivity contribution in [2.45, 2.75) is 51.2 Å². The maximum Gasteiger partial charge on any atom is 0.271 e. The molecule has 6 heterocycles. The van der Waals surface area contributed by atoms with E-state index in [0.717, 1.165) is 72.5 Å². The molecule has 0 spiro atoms. The number of aromatic amines is 1. The van der Waals surface area contributed by atoms with E-state index >= 15 is 0 Å². The molecule has 0 bridgehead atoms. The molecule has 7 rings (SSSR count). The van der Waals surface area contributed by atoms with E-state index in [1.807, 2.05) is 47.5 Å². The molecule has 0 atom stereocenters. The molecule has 0 aliphatic carbocycles. The van der Waals surface area contributed by atoms with Crippen molar-refractivity contribution in [2.75, 3.05) is 29.9 Å². The van der Waals surface area contributed by atoms with E-state index in [1.54, 1.807) is 6.20 Å². The number of amides is 1. The smallest absolute Gasteiger partial charge is 0.271 e. The molecule has 1 aromatic carbocycles. The molecule has 1 amide bonds. The van der Waals surface area contributed by atoms with Gasteiger partial charge in [-0.25, -0.2) is 4.98 Å². The van der Waals surface area contributed by atoms with Crippen LogP contribution in [0.25, 0.3) is 0 Å². The van der Waals surface area contributed by atoms with Gasteiger partial charge in [0, 0.05) is 73.6 Å². The monoisotopic (exact) mass is 550 g/mol. The normalized spacial score (nSPS) is 16.7. The van der Waals surface area contributed by atoms with Crippen LogP contribution in [0.1, 0.15) is 62.8 Å². The highest BCUT2D eigenvalue weighted by Crippen LogP contribution is 2.33. The SMILES string of the molecule is O=C1c2cc3n(c2CCN1c1cccc(Cc2c[nH]c(=O)c(Nc4ccc(C5CNC5)cn4)c2)c1CO)CCCC3. The van der Waals surface area contributed by atoms with Gasteiger partial charge in [0.2, 0.25) is 0 Å². The molecule has 3 aliphatic heterocycles. The summed E-state index contributed by atoms with van der Waals surface area (Å²) in [5.41, 5.74) is 7.85. The molecule has 4 aromatic rings. The van der Waals surface area contributed by atoms with E-state index in [-0.39, 0.29) is 18.1 Å². The maximum absolute atomic E-state index is 13.7. The third kappa shape index (κ3) is 4.75. The number of aromatic nitrogens is 3. The summed E-state index contributed by atoms with van der Waals surface area (Å²) >= 11 is 0. The van der Waals surface area contributed by atoms with Crippen LogP contribution in [0.2, 0.25) is 0 Å². The number of aliphatic hydroxyl groups is 1. The second kappa shape index (κ2) is 10.6. The van der Waals surface area contributed by atoms with Gasteiger partial charge in [0.1, 0.15) is 11.5 Å². The zero-order valence-corrected chi connectivity index (χ0v) is 22.9. The lowest BCUT2D eigenvalue weighted by Crippen LogP contribution is -2.39. The molecule has 0 saturated carbocycles. The Kier molecular flexibility index (Phi) is 6.68. The Morgan fingerprint density at radius 1 is 1.05 bits per heavy atom. The zero-order valence-electron chi connectivity index (χ0n) is 22.9. The molecular weight excluding hydrogens is 516 g/mol. The topological polar surface area (TPSA) is 115 Å². The standard InChI is InChI=1S/C32H34N6O3/c39-19-26-21(4-3-6-28(26)38-11-9-29-25(32(38)41)14-24-5-1-2-10-37(24)29)12-20-13-27(31(40)35-15-20)36-30-8-7-22(18-34-30)23-16-33-17-23/h3-4,6-8,13-15,18,23,33,39H,1-2,5,9-12,16-17,19H2,(H,34,36)(H,35,40). The molecule has 0 unspecified atom stereocenters. The Morgan fingerprint density at radius 2 is 1.95 bits per heavy atom. The summed E-state index contributed by atoms with van der Waals surface area (Å²) in [5.74, 6) is 1.11. The van der Waals surface area contributed by atoms with Crippen LogP contribution < -0.4 is 21.1 Å². The number of aliphatic hydroxyl groups excluding tert-OH is 1. The van der Waals surface area contributed by atoms with Crippen LogP contribution >= 0.6 is 0 Å². The molecule has 3 aliphatic rings. The minimum Gasteiger partial charge on any atom is -0.392 e. The summed E-state index contributed by atoms with van der Waals surface area (Å²) in [4.78, 5) is 35.4. The van der Waals surface area contributed by atoms with E-state index < -0.39 is 0 Å². The number of pyridine rings is 2. The van der Waals surface area contributed by atoms with Crippen molar-refractivity contribution in [3.8, 4) is 0 Å². The average molecular weight is 551 g/mol. The molecule has 4 N–H and O–H groups in total. The summed E-state index contributed by atoms with van der Waals surface area (Å²) in [6, 6.07) is 13.7. The second-order valence-electron chi connectivity index (χ2n) is 11.3. The van der Waals surface area contributed by atoms with Crippen LogP contribution in [0.5, 0.6) is 0 Å². The highest BCUT2D eigenvalue weighted by molar-refractivity contribution is 6.08. The third-order valence-electron chi connectivity index (χ3n) is 8.76. The van der Waals surface area contributed by atoms with Crippen molar-refractivity contribution in [2.24, 2.45) is 0 Å². The largest absolute Gasteiger partial charge is 0.392 e. The predicted molar refractivity (Wildman–Crippen MR) is 158 cm³/mol. The third-order valence-corrected chi connectivity index (χ3v) is 8.76. The van der Waals surface area contributed by atoms with Crippen LogP contribution in [0.15, 0.2) is 59.7 Å². The fourth-order valence-electron chi connectivity index (χ4n) is 6.41. The molecule has 1 fully saturated rings. The highest BCUT2D eigenvalue weighted by atomic mass is 16.3. The van der Waals surface area contributed by atoms with Crippen LogP contribution in [0.4, 0.5) is 17.2 Å². The van der Waals surface area contributed by atoms with Gasteiger partial charge in [0.25, 0.3) is 11.5 Å². The van der Waals surface area contributed by atoms with Crippen molar-refractivity contribution in [3.05, 3.63) is 104 Å². The Morgan fingerprint density at radius 3 is 2.73 bits per heavy atom. The molecule has 1 saturated heterocycles. The van der Waals surface area contributed by atoms with Gasteiger partial charge < -0.3 is 30.2 Å². The van der Waals surface area contributed by atoms with E-state index in [2.05, 4.69) is 31.2 Å². The van der Waals surface area contributed by atoms with Crippen molar-refractivity contribution in [1.29, 1.82) is 0 Å². The number of nitrogens with zero attached hydrogens (tertiary/aromatic N) is 3. The summed E-state index contributed by atoms with van der Waals surface area (Å²) in [7, 11) is 0. The number of hydrogen-bond donors (Lipinski definition) is 4. The second-order valence-corrected chi connectivity index (χ2v) is 11.3. The maximum atomic E-state index is 13.7. The first-order chi connectivity index (χ1) is 20.1. The van der Waals surface area contributed by atoms with Crippen LogP contribution in [-0.4, -0.2) is 45.2 Å². The first kappa shape index (κ1) is 25.7. The highest BCUT2D eigenvalue weighted by Gasteiger charge is 2.32. The van der Waals surface area contributed by atoms with Crippen molar-refractivity contribution in [3.63, 3.8) is 0 Å². The lowest BCUT2D eigenvalue weighted by atomic mass is 9.95. The van der Waals surface area contributed by atoms with Gasteiger partial charge in [-0.2, -0.15) is 0 Å². The van der Waals surface area contributed by atoms with Gasteiger partial charge in [-0.15, -0.1) is 0 Å². The van der Waals surface area contributed by atoms with Crippen molar-refractivity contribution in [1.82, 2.24) is 19.9 Å². The Bertz CT molecular complexity index is 1670.